The molecule has 0 N–H and O–H groups in total. The van der Waals surface area contributed by atoms with Crippen LogP contribution in [0.15, 0.2) is 148 Å². The highest BCUT2D eigenvalue weighted by Crippen LogP contribution is 2.49. The second-order valence-electron chi connectivity index (χ2n) is 11.4. The molecule has 0 aliphatic heterocycles. The van der Waals surface area contributed by atoms with Crippen molar-refractivity contribution in [3.8, 4) is 22.3 Å². The number of aromatic nitrogens is 1. The minimum atomic E-state index is 0.869. The fourth-order valence-corrected chi connectivity index (χ4v) is 7.30. The van der Waals surface area contributed by atoms with E-state index < -0.39 is 0 Å². The van der Waals surface area contributed by atoms with Gasteiger partial charge >= 0.3 is 0 Å². The van der Waals surface area contributed by atoms with Gasteiger partial charge in [0, 0.05) is 55.2 Å². The monoisotopic (exact) mass is 561 g/mol. The molecule has 0 atom stereocenters. The SMILES string of the molecule is c1ccc(-c2c3ccccc3c(-c3cc4ccc5oc6ccccc6c5c4c4c3oc3ccccc34)c3cccnc23)cc1. The molecule has 0 bridgehead atoms. The van der Waals surface area contributed by atoms with Crippen LogP contribution in [0.3, 0.4) is 0 Å². The third-order valence-electron chi connectivity index (χ3n) is 9.08. The molecule has 3 nitrogen and oxygen atoms in total. The van der Waals surface area contributed by atoms with E-state index in [1.54, 1.807) is 0 Å². The number of fused-ring (bicyclic) bond motifs is 11. The van der Waals surface area contributed by atoms with Crippen LogP contribution in [0.2, 0.25) is 0 Å². The predicted molar refractivity (Wildman–Crippen MR) is 182 cm³/mol. The Labute approximate surface area is 251 Å². The van der Waals surface area contributed by atoms with E-state index in [-0.39, 0.29) is 0 Å². The summed E-state index contributed by atoms with van der Waals surface area (Å²) in [7, 11) is 0. The number of hydrogen-bond donors (Lipinski definition) is 0. The third-order valence-corrected chi connectivity index (χ3v) is 9.08. The molecule has 7 aromatic carbocycles. The van der Waals surface area contributed by atoms with Crippen molar-refractivity contribution in [3.63, 3.8) is 0 Å². The molecule has 0 saturated carbocycles. The number of hydrogen-bond acceptors (Lipinski definition) is 3. The molecular formula is C41H23NO2. The summed E-state index contributed by atoms with van der Waals surface area (Å²) in [5.74, 6) is 0. The number of para-hydroxylation sites is 2. The number of benzene rings is 7. The zero-order valence-electron chi connectivity index (χ0n) is 23.5. The predicted octanol–water partition coefficient (Wildman–Crippen LogP) is 11.7. The number of pyridine rings is 1. The fraction of sp³-hybridized carbons (Fsp3) is 0. The maximum absolute atomic E-state index is 6.85. The number of nitrogens with zero attached hydrogens (tertiary/aromatic N) is 1. The van der Waals surface area contributed by atoms with Crippen LogP contribution in [0.25, 0.3) is 98.6 Å². The second-order valence-corrected chi connectivity index (χ2v) is 11.4. The lowest BCUT2D eigenvalue weighted by Gasteiger charge is -2.17. The van der Waals surface area contributed by atoms with Crippen molar-refractivity contribution in [1.82, 2.24) is 4.98 Å². The summed E-state index contributed by atoms with van der Waals surface area (Å²) >= 11 is 0. The quantitative estimate of drug-likeness (QED) is 0.197. The van der Waals surface area contributed by atoms with Gasteiger partial charge in [-0.2, -0.15) is 0 Å². The first-order valence-corrected chi connectivity index (χ1v) is 14.9. The van der Waals surface area contributed by atoms with Crippen LogP contribution >= 0.6 is 0 Å². The summed E-state index contributed by atoms with van der Waals surface area (Å²) in [5.41, 5.74) is 8.98. The summed E-state index contributed by atoms with van der Waals surface area (Å²) in [6.45, 7) is 0. The van der Waals surface area contributed by atoms with Crippen molar-refractivity contribution < 1.29 is 8.83 Å². The van der Waals surface area contributed by atoms with E-state index in [0.29, 0.717) is 0 Å². The molecule has 0 aliphatic carbocycles. The minimum Gasteiger partial charge on any atom is -0.456 e. The van der Waals surface area contributed by atoms with Crippen LogP contribution in [-0.2, 0) is 0 Å². The van der Waals surface area contributed by atoms with Crippen molar-refractivity contribution >= 4 is 76.3 Å². The van der Waals surface area contributed by atoms with Gasteiger partial charge in [-0.05, 0) is 52.1 Å². The third kappa shape index (κ3) is 3.13. The molecule has 0 spiro atoms. The van der Waals surface area contributed by atoms with E-state index >= 15 is 0 Å². The largest absolute Gasteiger partial charge is 0.456 e. The normalized spacial score (nSPS) is 12.1. The molecule has 10 rings (SSSR count). The number of furan rings is 2. The summed E-state index contributed by atoms with van der Waals surface area (Å²) in [5, 5.41) is 10.2. The van der Waals surface area contributed by atoms with E-state index in [9.17, 15) is 0 Å². The molecule has 204 valence electrons. The fourth-order valence-electron chi connectivity index (χ4n) is 7.30. The first-order chi connectivity index (χ1) is 21.8. The zero-order chi connectivity index (χ0) is 28.8. The van der Waals surface area contributed by atoms with E-state index in [2.05, 4.69) is 109 Å². The molecule has 0 radical (unpaired) electrons. The molecule has 0 amide bonds. The van der Waals surface area contributed by atoms with Gasteiger partial charge in [-0.15, -0.1) is 0 Å². The molecular weight excluding hydrogens is 538 g/mol. The van der Waals surface area contributed by atoms with E-state index in [1.807, 2.05) is 30.5 Å². The summed E-state index contributed by atoms with van der Waals surface area (Å²) in [6.07, 6.45) is 1.89. The lowest BCUT2D eigenvalue weighted by Crippen LogP contribution is -1.93. The second kappa shape index (κ2) is 8.79. The maximum Gasteiger partial charge on any atom is 0.143 e. The van der Waals surface area contributed by atoms with Gasteiger partial charge in [0.1, 0.15) is 22.3 Å². The lowest BCUT2D eigenvalue weighted by atomic mass is 9.86. The lowest BCUT2D eigenvalue weighted by molar-refractivity contribution is 0.669. The van der Waals surface area contributed by atoms with Gasteiger partial charge in [0.2, 0.25) is 0 Å². The van der Waals surface area contributed by atoms with Crippen molar-refractivity contribution in [2.45, 2.75) is 0 Å². The Kier molecular flexibility index (Phi) is 4.72. The van der Waals surface area contributed by atoms with Gasteiger partial charge in [0.25, 0.3) is 0 Å². The van der Waals surface area contributed by atoms with Crippen molar-refractivity contribution in [2.75, 3.05) is 0 Å². The standard InChI is InChI=1S/C41H23NO2/c1-2-11-24(12-3-1)35-26-13-4-5-14-27(26)37(30-17-10-22-42-40(30)35)31-23-25-20-21-34-38(28-15-6-8-18-32(28)43-34)36(25)39-29-16-7-9-19-33(29)44-41(31)39/h1-23H. The molecule has 3 heterocycles. The van der Waals surface area contributed by atoms with Crippen molar-refractivity contribution in [1.29, 1.82) is 0 Å². The van der Waals surface area contributed by atoms with Gasteiger partial charge in [0.15, 0.2) is 0 Å². The van der Waals surface area contributed by atoms with Crippen LogP contribution in [0.1, 0.15) is 0 Å². The first kappa shape index (κ1) is 23.6. The van der Waals surface area contributed by atoms with Crippen molar-refractivity contribution in [3.05, 3.63) is 140 Å². The minimum absolute atomic E-state index is 0.869. The molecule has 3 heteroatoms. The summed E-state index contributed by atoms with van der Waals surface area (Å²) in [4.78, 5) is 5.00. The van der Waals surface area contributed by atoms with Crippen LogP contribution in [0, 0.1) is 0 Å². The molecule has 0 unspecified atom stereocenters. The zero-order valence-corrected chi connectivity index (χ0v) is 23.5. The number of rotatable bonds is 2. The Morgan fingerprint density at radius 2 is 1.07 bits per heavy atom. The molecule has 0 aliphatic rings. The molecule has 0 saturated heterocycles. The Balaban J connectivity index is 1.45. The van der Waals surface area contributed by atoms with E-state index in [0.717, 1.165) is 87.8 Å². The van der Waals surface area contributed by atoms with Gasteiger partial charge < -0.3 is 8.83 Å². The first-order valence-electron chi connectivity index (χ1n) is 14.9. The smallest absolute Gasteiger partial charge is 0.143 e. The van der Waals surface area contributed by atoms with Gasteiger partial charge in [-0.25, -0.2) is 0 Å². The highest BCUT2D eigenvalue weighted by molar-refractivity contribution is 6.34. The Morgan fingerprint density at radius 1 is 0.432 bits per heavy atom. The van der Waals surface area contributed by atoms with Gasteiger partial charge in [0.05, 0.1) is 5.52 Å². The highest BCUT2D eigenvalue weighted by atomic mass is 16.3. The van der Waals surface area contributed by atoms with E-state index in [4.69, 9.17) is 13.8 Å². The summed E-state index contributed by atoms with van der Waals surface area (Å²) < 4.78 is 13.2. The van der Waals surface area contributed by atoms with Gasteiger partial charge in [-0.3, -0.25) is 4.98 Å². The average Bonchev–Trinajstić information content (AvgIpc) is 3.66. The summed E-state index contributed by atoms with van der Waals surface area (Å²) in [6, 6.07) is 46.8. The average molecular weight is 562 g/mol. The topological polar surface area (TPSA) is 39.2 Å². The van der Waals surface area contributed by atoms with E-state index in [1.165, 1.54) is 10.8 Å². The van der Waals surface area contributed by atoms with Crippen LogP contribution in [0.4, 0.5) is 0 Å². The van der Waals surface area contributed by atoms with Gasteiger partial charge in [-0.1, -0.05) is 103 Å². The van der Waals surface area contributed by atoms with Crippen LogP contribution in [-0.4, -0.2) is 4.98 Å². The Bertz CT molecular complexity index is 2710. The maximum atomic E-state index is 6.85. The Hall–Kier alpha value is -5.93. The molecule has 3 aromatic heterocycles. The Morgan fingerprint density at radius 3 is 1.86 bits per heavy atom. The highest BCUT2D eigenvalue weighted by Gasteiger charge is 2.24. The molecule has 0 fully saturated rings. The van der Waals surface area contributed by atoms with Crippen LogP contribution in [0.5, 0.6) is 0 Å². The molecule has 10 aromatic rings. The molecule has 44 heavy (non-hydrogen) atoms. The van der Waals surface area contributed by atoms with Crippen molar-refractivity contribution in [2.24, 2.45) is 0 Å². The van der Waals surface area contributed by atoms with Crippen LogP contribution < -0.4 is 0 Å².